The van der Waals surface area contributed by atoms with E-state index in [9.17, 15) is 19.2 Å². The molecule has 206 valence electrons. The van der Waals surface area contributed by atoms with Crippen molar-refractivity contribution in [3.05, 3.63) is 95.6 Å². The second-order valence-electron chi connectivity index (χ2n) is 8.73. The first-order valence-corrected chi connectivity index (χ1v) is 13.7. The second kappa shape index (κ2) is 13.6. The number of thioether (sulfide) groups is 1. The van der Waals surface area contributed by atoms with Gasteiger partial charge in [0.1, 0.15) is 5.25 Å². The fraction of sp³-hybridized carbons (Fsp3) is 0.233. The van der Waals surface area contributed by atoms with E-state index < -0.39 is 17.2 Å². The fourth-order valence-corrected chi connectivity index (χ4v) is 5.08. The highest BCUT2D eigenvalue weighted by Gasteiger charge is 2.39. The van der Waals surface area contributed by atoms with Gasteiger partial charge in [0.2, 0.25) is 11.8 Å². The lowest BCUT2D eigenvalue weighted by molar-refractivity contribution is -0.128. The summed E-state index contributed by atoms with van der Waals surface area (Å²) in [7, 11) is 0. The highest BCUT2D eigenvalue weighted by atomic mass is 32.2. The average Bonchev–Trinajstić information content (AvgIpc) is 3.23. The summed E-state index contributed by atoms with van der Waals surface area (Å²) in [5.74, 6) is -1.41. The normalized spacial score (nSPS) is 15.7. The zero-order valence-corrected chi connectivity index (χ0v) is 23.0. The number of nitrogens with one attached hydrogen (secondary N) is 1. The van der Waals surface area contributed by atoms with Crippen molar-refractivity contribution < 1.29 is 28.7 Å². The molecule has 0 bridgehead atoms. The molecular weight excluding hydrogens is 530 g/mol. The van der Waals surface area contributed by atoms with E-state index >= 15 is 0 Å². The minimum absolute atomic E-state index is 0.0603. The van der Waals surface area contributed by atoms with Gasteiger partial charge in [-0.2, -0.15) is 0 Å². The van der Waals surface area contributed by atoms with Gasteiger partial charge in [-0.05, 0) is 67.9 Å². The van der Waals surface area contributed by atoms with Crippen molar-refractivity contribution in [2.75, 3.05) is 18.5 Å². The van der Waals surface area contributed by atoms with Crippen molar-refractivity contribution >= 4 is 52.1 Å². The lowest BCUT2D eigenvalue weighted by atomic mass is 10.2. The van der Waals surface area contributed by atoms with Gasteiger partial charge < -0.3 is 14.8 Å². The molecule has 2 amide bonds. The molecule has 4 rings (SSSR count). The van der Waals surface area contributed by atoms with Crippen LogP contribution in [0.5, 0.6) is 0 Å². The smallest absolute Gasteiger partial charge is 0.338 e. The van der Waals surface area contributed by atoms with E-state index in [1.165, 1.54) is 11.8 Å². The van der Waals surface area contributed by atoms with Gasteiger partial charge in [-0.15, -0.1) is 0 Å². The molecule has 1 aliphatic heterocycles. The van der Waals surface area contributed by atoms with Gasteiger partial charge >= 0.3 is 11.9 Å². The number of anilines is 1. The SMILES string of the molecule is CCOC(=O)c1ccc(N=C2SC(CC(=O)Nc3ccc(C(=O)OCC)cc3)C(=O)N2Cc2ccccc2)cc1. The number of ether oxygens (including phenoxy) is 2. The standard InChI is InChI=1S/C30H29N3O6S/c1-3-38-28(36)21-10-14-23(15-11-21)31-26(34)18-25-27(35)33(19-20-8-6-5-7-9-20)30(40-25)32-24-16-12-22(13-17-24)29(37)39-4-2/h5-17,25H,3-4,18-19H2,1-2H3,(H,31,34). The van der Waals surface area contributed by atoms with E-state index in [4.69, 9.17) is 9.47 Å². The predicted molar refractivity (Wildman–Crippen MR) is 154 cm³/mol. The molecular formula is C30H29N3O6S. The summed E-state index contributed by atoms with van der Waals surface area (Å²) in [5, 5.41) is 2.59. The number of benzene rings is 3. The number of carbonyl (C=O) groups is 4. The number of esters is 2. The predicted octanol–water partition coefficient (Wildman–Crippen LogP) is 5.20. The third kappa shape index (κ3) is 7.35. The van der Waals surface area contributed by atoms with Crippen LogP contribution in [0.15, 0.2) is 83.9 Å². The molecule has 40 heavy (non-hydrogen) atoms. The van der Waals surface area contributed by atoms with Crippen LogP contribution < -0.4 is 5.32 Å². The largest absolute Gasteiger partial charge is 0.462 e. The van der Waals surface area contributed by atoms with Crippen LogP contribution in [0.4, 0.5) is 11.4 Å². The Bertz CT molecular complexity index is 1390. The second-order valence-corrected chi connectivity index (χ2v) is 9.90. The molecule has 0 saturated carbocycles. The van der Waals surface area contributed by atoms with E-state index in [1.54, 1.807) is 67.3 Å². The zero-order chi connectivity index (χ0) is 28.5. The number of hydrogen-bond acceptors (Lipinski definition) is 8. The molecule has 0 spiro atoms. The van der Waals surface area contributed by atoms with Gasteiger partial charge in [0.25, 0.3) is 0 Å². The monoisotopic (exact) mass is 559 g/mol. The minimum Gasteiger partial charge on any atom is -0.462 e. The van der Waals surface area contributed by atoms with E-state index in [0.717, 1.165) is 5.56 Å². The lowest BCUT2D eigenvalue weighted by Gasteiger charge is -2.16. The van der Waals surface area contributed by atoms with Gasteiger partial charge in [0.15, 0.2) is 5.17 Å². The van der Waals surface area contributed by atoms with E-state index in [-0.39, 0.29) is 31.4 Å². The molecule has 0 aliphatic carbocycles. The Morgan fingerprint density at radius 3 is 2.00 bits per heavy atom. The molecule has 0 aromatic heterocycles. The fourth-order valence-electron chi connectivity index (χ4n) is 3.92. The average molecular weight is 560 g/mol. The first-order chi connectivity index (χ1) is 19.4. The van der Waals surface area contributed by atoms with Crippen LogP contribution in [0.1, 0.15) is 46.5 Å². The third-order valence-electron chi connectivity index (χ3n) is 5.86. The Hall–Kier alpha value is -4.44. The van der Waals surface area contributed by atoms with Crippen LogP contribution in [0.2, 0.25) is 0 Å². The van der Waals surface area contributed by atoms with Gasteiger partial charge in [-0.1, -0.05) is 42.1 Å². The maximum Gasteiger partial charge on any atom is 0.338 e. The van der Waals surface area contributed by atoms with Crippen molar-refractivity contribution in [1.29, 1.82) is 0 Å². The molecule has 1 atom stereocenters. The molecule has 0 radical (unpaired) electrons. The van der Waals surface area contributed by atoms with E-state index in [0.29, 0.717) is 34.2 Å². The van der Waals surface area contributed by atoms with Crippen molar-refractivity contribution in [3.63, 3.8) is 0 Å². The van der Waals surface area contributed by atoms with Gasteiger partial charge in [0.05, 0.1) is 36.6 Å². The number of carbonyl (C=O) groups excluding carboxylic acids is 4. The van der Waals surface area contributed by atoms with Crippen LogP contribution in [-0.2, 0) is 25.6 Å². The summed E-state index contributed by atoms with van der Waals surface area (Å²) in [4.78, 5) is 56.4. The molecule has 1 N–H and O–H groups in total. The molecule has 1 heterocycles. The Labute approximate surface area is 236 Å². The van der Waals surface area contributed by atoms with Crippen molar-refractivity contribution in [2.24, 2.45) is 4.99 Å². The summed E-state index contributed by atoms with van der Waals surface area (Å²) in [5.41, 5.74) is 2.79. The maximum absolute atomic E-state index is 13.4. The molecule has 1 saturated heterocycles. The molecule has 10 heteroatoms. The molecule has 1 aliphatic rings. The van der Waals surface area contributed by atoms with Crippen LogP contribution in [0.25, 0.3) is 0 Å². The number of amides is 2. The Morgan fingerprint density at radius 2 is 1.43 bits per heavy atom. The Kier molecular flexibility index (Phi) is 9.69. The summed E-state index contributed by atoms with van der Waals surface area (Å²) in [6, 6.07) is 22.5. The Morgan fingerprint density at radius 1 is 0.850 bits per heavy atom. The van der Waals surface area contributed by atoms with Crippen molar-refractivity contribution in [1.82, 2.24) is 4.90 Å². The molecule has 1 fully saturated rings. The van der Waals surface area contributed by atoms with Crippen LogP contribution in [-0.4, -0.2) is 52.3 Å². The third-order valence-corrected chi connectivity index (χ3v) is 7.03. The highest BCUT2D eigenvalue weighted by molar-refractivity contribution is 8.15. The van der Waals surface area contributed by atoms with Gasteiger partial charge in [-0.25, -0.2) is 14.6 Å². The first kappa shape index (κ1) is 28.6. The number of aliphatic imine (C=N–C) groups is 1. The van der Waals surface area contributed by atoms with Gasteiger partial charge in [-0.3, -0.25) is 14.5 Å². The van der Waals surface area contributed by atoms with Gasteiger partial charge in [0, 0.05) is 12.1 Å². The molecule has 9 nitrogen and oxygen atoms in total. The Balaban J connectivity index is 1.48. The maximum atomic E-state index is 13.4. The molecule has 3 aromatic carbocycles. The number of rotatable bonds is 10. The summed E-state index contributed by atoms with van der Waals surface area (Å²) < 4.78 is 10.0. The van der Waals surface area contributed by atoms with E-state index in [2.05, 4.69) is 10.3 Å². The van der Waals surface area contributed by atoms with Crippen LogP contribution in [0, 0.1) is 0 Å². The van der Waals surface area contributed by atoms with E-state index in [1.807, 2.05) is 30.3 Å². The lowest BCUT2D eigenvalue weighted by Crippen LogP contribution is -2.33. The van der Waals surface area contributed by atoms with Crippen LogP contribution >= 0.6 is 11.8 Å². The highest BCUT2D eigenvalue weighted by Crippen LogP contribution is 2.33. The number of nitrogens with zero attached hydrogens (tertiary/aromatic N) is 2. The van der Waals surface area contributed by atoms with Crippen LogP contribution in [0.3, 0.4) is 0 Å². The zero-order valence-electron chi connectivity index (χ0n) is 22.2. The molecule has 3 aromatic rings. The molecule has 1 unspecified atom stereocenters. The van der Waals surface area contributed by atoms with Crippen molar-refractivity contribution in [3.8, 4) is 0 Å². The first-order valence-electron chi connectivity index (χ1n) is 12.8. The number of hydrogen-bond donors (Lipinski definition) is 1. The minimum atomic E-state index is -0.667. The summed E-state index contributed by atoms with van der Waals surface area (Å²) >= 11 is 1.22. The van der Waals surface area contributed by atoms with Crippen molar-refractivity contribution in [2.45, 2.75) is 32.1 Å². The topological polar surface area (TPSA) is 114 Å². The number of amidine groups is 1. The summed E-state index contributed by atoms with van der Waals surface area (Å²) in [6.45, 7) is 4.33. The summed E-state index contributed by atoms with van der Waals surface area (Å²) in [6.07, 6.45) is -0.0603. The quantitative estimate of drug-likeness (QED) is 0.340.